The highest BCUT2D eigenvalue weighted by Crippen LogP contribution is 2.42. The van der Waals surface area contributed by atoms with Gasteiger partial charge in [0.25, 0.3) is 0 Å². The maximum atomic E-state index is 3.72. The summed E-state index contributed by atoms with van der Waals surface area (Å²) in [7, 11) is 0. The number of hydrogen-bond donors (Lipinski definition) is 1. The molecular weight excluding hydrogens is 350 g/mol. The Kier molecular flexibility index (Phi) is 3.54. The van der Waals surface area contributed by atoms with Crippen LogP contribution in [0.4, 0.5) is 0 Å². The monoisotopic (exact) mass is 369 g/mol. The van der Waals surface area contributed by atoms with Gasteiger partial charge in [-0.25, -0.2) is 0 Å². The van der Waals surface area contributed by atoms with E-state index in [1.807, 2.05) is 0 Å². The van der Waals surface area contributed by atoms with E-state index in [1.165, 1.54) is 54.8 Å². The van der Waals surface area contributed by atoms with Crippen LogP contribution in [-0.2, 0) is 0 Å². The van der Waals surface area contributed by atoms with Crippen molar-refractivity contribution in [3.8, 4) is 22.4 Å². The van der Waals surface area contributed by atoms with Crippen molar-refractivity contribution in [1.82, 2.24) is 4.98 Å². The quantitative estimate of drug-likeness (QED) is 0.300. The van der Waals surface area contributed by atoms with E-state index in [1.54, 1.807) is 0 Å². The largest absolute Gasteiger partial charge is 0.354 e. The molecule has 0 fully saturated rings. The molecule has 0 aliphatic heterocycles. The Bertz CT molecular complexity index is 1480. The number of benzene rings is 5. The molecule has 0 bridgehead atoms. The highest BCUT2D eigenvalue weighted by Gasteiger charge is 2.17. The highest BCUT2D eigenvalue weighted by atomic mass is 14.7. The van der Waals surface area contributed by atoms with Crippen molar-refractivity contribution in [2.24, 2.45) is 0 Å². The molecule has 29 heavy (non-hydrogen) atoms. The smallest absolute Gasteiger partial charge is 0.0544 e. The van der Waals surface area contributed by atoms with Crippen molar-refractivity contribution >= 4 is 32.4 Å². The maximum absolute atomic E-state index is 3.72. The van der Waals surface area contributed by atoms with Gasteiger partial charge in [0.2, 0.25) is 0 Å². The fraction of sp³-hybridized carbons (Fsp3) is 0. The Balaban J connectivity index is 1.80. The second kappa shape index (κ2) is 6.35. The van der Waals surface area contributed by atoms with Crippen molar-refractivity contribution < 1.29 is 0 Å². The first-order chi connectivity index (χ1) is 14.4. The van der Waals surface area contributed by atoms with E-state index >= 15 is 0 Å². The molecule has 1 N–H and O–H groups in total. The zero-order valence-electron chi connectivity index (χ0n) is 15.9. The number of aromatic amines is 1. The molecule has 0 saturated heterocycles. The van der Waals surface area contributed by atoms with Gasteiger partial charge in [0.1, 0.15) is 0 Å². The topological polar surface area (TPSA) is 15.8 Å². The summed E-state index contributed by atoms with van der Waals surface area (Å²) in [6.45, 7) is 0. The van der Waals surface area contributed by atoms with Gasteiger partial charge in [-0.15, -0.1) is 0 Å². The lowest BCUT2D eigenvalue weighted by atomic mass is 9.93. The molecule has 1 heteroatoms. The minimum absolute atomic E-state index is 1.17. The van der Waals surface area contributed by atoms with Gasteiger partial charge in [-0.1, -0.05) is 103 Å². The van der Waals surface area contributed by atoms with Gasteiger partial charge < -0.3 is 4.98 Å². The normalized spacial score (nSPS) is 11.4. The van der Waals surface area contributed by atoms with Crippen LogP contribution >= 0.6 is 0 Å². The molecule has 0 saturated carbocycles. The lowest BCUT2D eigenvalue weighted by Gasteiger charge is -2.09. The summed E-state index contributed by atoms with van der Waals surface area (Å²) in [5.41, 5.74) is 6.06. The molecule has 1 heterocycles. The summed E-state index contributed by atoms with van der Waals surface area (Å²) in [6.07, 6.45) is 0. The molecule has 0 atom stereocenters. The fourth-order valence-corrected chi connectivity index (χ4v) is 4.50. The molecule has 0 aliphatic carbocycles. The first kappa shape index (κ1) is 16.1. The summed E-state index contributed by atoms with van der Waals surface area (Å²) >= 11 is 0. The minimum atomic E-state index is 1.17. The van der Waals surface area contributed by atoms with Gasteiger partial charge in [-0.2, -0.15) is 0 Å². The number of nitrogens with one attached hydrogen (secondary N) is 1. The first-order valence-corrected chi connectivity index (χ1v) is 9.97. The van der Waals surface area contributed by atoms with E-state index in [2.05, 4.69) is 114 Å². The van der Waals surface area contributed by atoms with E-state index < -0.39 is 0 Å². The van der Waals surface area contributed by atoms with Crippen LogP contribution in [0.15, 0.2) is 109 Å². The Labute approximate surface area is 169 Å². The second-order valence-corrected chi connectivity index (χ2v) is 7.48. The van der Waals surface area contributed by atoms with E-state index in [-0.39, 0.29) is 0 Å². The third kappa shape index (κ3) is 2.48. The predicted octanol–water partition coefficient (Wildman–Crippen LogP) is 7.81. The van der Waals surface area contributed by atoms with E-state index in [9.17, 15) is 0 Å². The van der Waals surface area contributed by atoms with Gasteiger partial charge in [-0.05, 0) is 38.7 Å². The van der Waals surface area contributed by atoms with Crippen molar-refractivity contribution in [1.29, 1.82) is 0 Å². The number of hydrogen-bond acceptors (Lipinski definition) is 0. The number of aromatic nitrogens is 1. The van der Waals surface area contributed by atoms with Gasteiger partial charge in [0.05, 0.1) is 5.69 Å². The highest BCUT2D eigenvalue weighted by molar-refractivity contribution is 6.22. The zero-order chi connectivity index (χ0) is 19.2. The number of fused-ring (bicyclic) bond motifs is 5. The van der Waals surface area contributed by atoms with Gasteiger partial charge in [0.15, 0.2) is 0 Å². The second-order valence-electron chi connectivity index (χ2n) is 7.48. The minimum Gasteiger partial charge on any atom is -0.354 e. The van der Waals surface area contributed by atoms with Crippen LogP contribution in [0.5, 0.6) is 0 Å². The predicted molar refractivity (Wildman–Crippen MR) is 124 cm³/mol. The number of rotatable bonds is 2. The summed E-state index contributed by atoms with van der Waals surface area (Å²) < 4.78 is 0. The Morgan fingerprint density at radius 3 is 1.90 bits per heavy atom. The fourth-order valence-electron chi connectivity index (χ4n) is 4.50. The third-order valence-corrected chi connectivity index (χ3v) is 5.81. The van der Waals surface area contributed by atoms with Crippen LogP contribution in [0.1, 0.15) is 0 Å². The Morgan fingerprint density at radius 1 is 0.448 bits per heavy atom. The van der Waals surface area contributed by atoms with Gasteiger partial charge in [0, 0.05) is 16.5 Å². The number of H-pyrrole nitrogens is 1. The summed E-state index contributed by atoms with van der Waals surface area (Å²) in [5.74, 6) is 0. The van der Waals surface area contributed by atoms with Crippen molar-refractivity contribution in [2.45, 2.75) is 0 Å². The van der Waals surface area contributed by atoms with Crippen LogP contribution < -0.4 is 0 Å². The molecular formula is C28H19N. The van der Waals surface area contributed by atoms with Crippen molar-refractivity contribution in [3.63, 3.8) is 0 Å². The Morgan fingerprint density at radius 2 is 1.10 bits per heavy atom. The molecule has 1 nitrogen and oxygen atoms in total. The van der Waals surface area contributed by atoms with E-state index in [0.29, 0.717) is 0 Å². The summed E-state index contributed by atoms with van der Waals surface area (Å²) in [6, 6.07) is 38.9. The van der Waals surface area contributed by atoms with Crippen LogP contribution in [0.3, 0.4) is 0 Å². The molecule has 1 aromatic heterocycles. The third-order valence-electron chi connectivity index (χ3n) is 5.81. The van der Waals surface area contributed by atoms with Crippen LogP contribution in [0.2, 0.25) is 0 Å². The molecule has 0 amide bonds. The zero-order valence-corrected chi connectivity index (χ0v) is 15.9. The molecule has 0 aliphatic rings. The summed E-state index contributed by atoms with van der Waals surface area (Å²) in [5, 5.41) is 6.45. The van der Waals surface area contributed by atoms with Crippen LogP contribution in [-0.4, -0.2) is 4.98 Å². The average Bonchev–Trinajstić information content (AvgIpc) is 3.20. The van der Waals surface area contributed by atoms with Crippen LogP contribution in [0, 0.1) is 0 Å². The van der Waals surface area contributed by atoms with Crippen molar-refractivity contribution in [2.75, 3.05) is 0 Å². The first-order valence-electron chi connectivity index (χ1n) is 9.97. The van der Waals surface area contributed by atoms with Gasteiger partial charge in [-0.3, -0.25) is 0 Å². The lowest BCUT2D eigenvalue weighted by Crippen LogP contribution is -1.83. The molecule has 0 unspecified atom stereocenters. The van der Waals surface area contributed by atoms with E-state index in [4.69, 9.17) is 0 Å². The summed E-state index contributed by atoms with van der Waals surface area (Å²) in [4.78, 5) is 3.72. The Hall–Kier alpha value is -3.84. The standard InChI is InChI=1S/C28H19N/c1-3-10-20(11-4-1)26-27-24-16-15-19-9-7-8-14-22(19)23(24)17-18-25(27)29-28(26)21-12-5-2-6-13-21/h1-18,29H. The molecule has 136 valence electrons. The molecule has 0 spiro atoms. The molecule has 6 aromatic rings. The SMILES string of the molecule is c1ccc(-c2[nH]c3ccc4c5ccccc5ccc4c3c2-c2ccccc2)cc1. The van der Waals surface area contributed by atoms with E-state index in [0.717, 1.165) is 0 Å². The average molecular weight is 369 g/mol. The molecule has 6 rings (SSSR count). The van der Waals surface area contributed by atoms with Crippen LogP contribution in [0.25, 0.3) is 54.8 Å². The lowest BCUT2D eigenvalue weighted by molar-refractivity contribution is 1.45. The maximum Gasteiger partial charge on any atom is 0.0544 e. The van der Waals surface area contributed by atoms with Crippen molar-refractivity contribution in [3.05, 3.63) is 109 Å². The molecule has 5 aromatic carbocycles. The van der Waals surface area contributed by atoms with Gasteiger partial charge >= 0.3 is 0 Å². The molecule has 0 radical (unpaired) electrons.